The average molecular weight is 427 g/mol. The van der Waals surface area contributed by atoms with Gasteiger partial charge in [0.1, 0.15) is 10.6 Å². The molecule has 2 aromatic carbocycles. The number of carboxylic acid groups (broad SMARTS) is 1. The van der Waals surface area contributed by atoms with Crippen molar-refractivity contribution in [3.05, 3.63) is 75.6 Å². The van der Waals surface area contributed by atoms with Crippen molar-refractivity contribution in [2.75, 3.05) is 0 Å². The van der Waals surface area contributed by atoms with E-state index < -0.39 is 11.9 Å². The lowest BCUT2D eigenvalue weighted by atomic mass is 10.1. The number of nitrogens with zero attached hydrogens (tertiary/aromatic N) is 1. The molecule has 4 rings (SSSR count). The number of fused-ring (bicyclic) bond motifs is 1. The summed E-state index contributed by atoms with van der Waals surface area (Å²) in [5.41, 5.74) is 8.91. The highest BCUT2D eigenvalue weighted by Crippen LogP contribution is 2.38. The number of phenols is 1. The summed E-state index contributed by atoms with van der Waals surface area (Å²) in [6, 6.07) is 15.2. The van der Waals surface area contributed by atoms with Crippen molar-refractivity contribution >= 4 is 45.0 Å². The predicted molar refractivity (Wildman–Crippen MR) is 113 cm³/mol. The number of hydrogen-bond acceptors (Lipinski definition) is 4. The lowest BCUT2D eigenvalue weighted by molar-refractivity contribution is 0.0702. The van der Waals surface area contributed by atoms with Crippen LogP contribution in [-0.4, -0.2) is 26.7 Å². The molecule has 8 heteroatoms. The number of thiophene rings is 1. The van der Waals surface area contributed by atoms with Gasteiger partial charge in [0.15, 0.2) is 0 Å². The SMILES string of the molecule is NC(=O)c1ccc(Cn2c(-c3ccc(O)cc3Cl)cc3sc(C(=O)O)cc32)cc1. The maximum atomic E-state index is 11.4. The molecule has 6 nitrogen and oxygen atoms in total. The summed E-state index contributed by atoms with van der Waals surface area (Å²) in [4.78, 5) is 22.9. The van der Waals surface area contributed by atoms with Crippen LogP contribution in [0.1, 0.15) is 25.6 Å². The molecule has 0 spiro atoms. The largest absolute Gasteiger partial charge is 0.508 e. The third-order valence-corrected chi connectivity index (χ3v) is 5.98. The summed E-state index contributed by atoms with van der Waals surface area (Å²) < 4.78 is 2.78. The highest BCUT2D eigenvalue weighted by Gasteiger charge is 2.18. The summed E-state index contributed by atoms with van der Waals surface area (Å²) in [6.45, 7) is 0.435. The number of carboxylic acids is 1. The van der Waals surface area contributed by atoms with Crippen molar-refractivity contribution in [1.82, 2.24) is 4.57 Å². The van der Waals surface area contributed by atoms with Gasteiger partial charge in [0.2, 0.25) is 5.91 Å². The second-order valence-corrected chi connectivity index (χ2v) is 8.00. The third-order valence-electron chi connectivity index (χ3n) is 4.61. The summed E-state index contributed by atoms with van der Waals surface area (Å²) in [5.74, 6) is -1.41. The number of carbonyl (C=O) groups is 2. The molecular formula is C21H15ClN2O4S. The average Bonchev–Trinajstić information content (AvgIpc) is 3.22. The van der Waals surface area contributed by atoms with Gasteiger partial charge in [-0.1, -0.05) is 23.7 Å². The smallest absolute Gasteiger partial charge is 0.345 e. The highest BCUT2D eigenvalue weighted by atomic mass is 35.5. The minimum Gasteiger partial charge on any atom is -0.508 e. The van der Waals surface area contributed by atoms with Gasteiger partial charge >= 0.3 is 5.97 Å². The van der Waals surface area contributed by atoms with Gasteiger partial charge in [-0.3, -0.25) is 4.79 Å². The number of phenolic OH excluding ortho intramolecular Hbond substituents is 1. The molecule has 4 aromatic rings. The molecule has 0 aliphatic carbocycles. The lowest BCUT2D eigenvalue weighted by Gasteiger charge is -2.12. The Bertz CT molecular complexity index is 1260. The Morgan fingerprint density at radius 3 is 2.41 bits per heavy atom. The normalized spacial score (nSPS) is 11.1. The van der Waals surface area contributed by atoms with Crippen molar-refractivity contribution in [1.29, 1.82) is 0 Å². The standard InChI is InChI=1S/C21H15ClN2O4S/c22-15-7-13(25)5-6-14(15)16-8-18-17(9-19(29-18)21(27)28)24(16)10-11-1-3-12(4-2-11)20(23)26/h1-9,25H,10H2,(H2,23,26)(H,27,28). The molecule has 2 heterocycles. The monoisotopic (exact) mass is 426 g/mol. The van der Waals surface area contributed by atoms with Crippen LogP contribution in [0.4, 0.5) is 0 Å². The first-order valence-corrected chi connectivity index (χ1v) is 9.77. The quantitative estimate of drug-likeness (QED) is 0.434. The molecule has 0 aliphatic heterocycles. The summed E-state index contributed by atoms with van der Waals surface area (Å²) in [7, 11) is 0. The van der Waals surface area contributed by atoms with E-state index in [-0.39, 0.29) is 10.6 Å². The third kappa shape index (κ3) is 3.57. The number of halogens is 1. The van der Waals surface area contributed by atoms with Gasteiger partial charge in [0.25, 0.3) is 0 Å². The number of amides is 1. The minimum absolute atomic E-state index is 0.0638. The first kappa shape index (κ1) is 19.0. The van der Waals surface area contributed by atoms with Crippen molar-refractivity contribution in [3.8, 4) is 17.0 Å². The first-order valence-electron chi connectivity index (χ1n) is 8.57. The fourth-order valence-corrected chi connectivity index (χ4v) is 4.42. The number of primary amides is 1. The molecule has 29 heavy (non-hydrogen) atoms. The molecule has 0 unspecified atom stereocenters. The van der Waals surface area contributed by atoms with E-state index in [0.717, 1.165) is 27.0 Å². The molecule has 0 saturated carbocycles. The van der Waals surface area contributed by atoms with E-state index in [0.29, 0.717) is 17.1 Å². The Morgan fingerprint density at radius 2 is 1.79 bits per heavy atom. The number of aromatic hydroxyl groups is 1. The Hall–Kier alpha value is -3.29. The maximum Gasteiger partial charge on any atom is 0.345 e. The molecule has 4 N–H and O–H groups in total. The first-order chi connectivity index (χ1) is 13.8. The number of hydrogen-bond donors (Lipinski definition) is 3. The number of aromatic nitrogens is 1. The van der Waals surface area contributed by atoms with E-state index in [4.69, 9.17) is 17.3 Å². The molecule has 146 valence electrons. The summed E-state index contributed by atoms with van der Waals surface area (Å²) in [6.07, 6.45) is 0. The van der Waals surface area contributed by atoms with Crippen LogP contribution < -0.4 is 5.73 Å². The zero-order valence-corrected chi connectivity index (χ0v) is 16.5. The Balaban J connectivity index is 1.86. The molecule has 0 radical (unpaired) electrons. The molecule has 1 amide bonds. The molecule has 2 aromatic heterocycles. The fraction of sp³-hybridized carbons (Fsp3) is 0.0476. The Kier molecular flexibility index (Phi) is 4.77. The summed E-state index contributed by atoms with van der Waals surface area (Å²) >= 11 is 7.54. The second-order valence-electron chi connectivity index (χ2n) is 6.51. The molecule has 0 fully saturated rings. The van der Waals surface area contributed by atoms with Crippen LogP contribution in [0.2, 0.25) is 5.02 Å². The molecular weight excluding hydrogens is 412 g/mol. The van der Waals surface area contributed by atoms with Crippen LogP contribution in [0.15, 0.2) is 54.6 Å². The van der Waals surface area contributed by atoms with Gasteiger partial charge in [-0.2, -0.15) is 0 Å². The van der Waals surface area contributed by atoms with E-state index in [1.165, 1.54) is 17.4 Å². The van der Waals surface area contributed by atoms with Gasteiger partial charge in [0, 0.05) is 17.7 Å². The van der Waals surface area contributed by atoms with Crippen molar-refractivity contribution < 1.29 is 19.8 Å². The van der Waals surface area contributed by atoms with Crippen LogP contribution in [0.3, 0.4) is 0 Å². The number of benzene rings is 2. The van der Waals surface area contributed by atoms with Crippen LogP contribution in [0.25, 0.3) is 21.5 Å². The number of carbonyl (C=O) groups excluding carboxylic acids is 1. The van der Waals surface area contributed by atoms with Gasteiger partial charge in [-0.05, 0) is 48.0 Å². The maximum absolute atomic E-state index is 11.4. The van der Waals surface area contributed by atoms with E-state index in [1.54, 1.807) is 42.5 Å². The van der Waals surface area contributed by atoms with Crippen LogP contribution in [0.5, 0.6) is 5.75 Å². The topological polar surface area (TPSA) is 106 Å². The van der Waals surface area contributed by atoms with Gasteiger partial charge in [0.05, 0.1) is 20.9 Å². The van der Waals surface area contributed by atoms with Gasteiger partial charge in [-0.15, -0.1) is 11.3 Å². The number of rotatable bonds is 5. The lowest BCUT2D eigenvalue weighted by Crippen LogP contribution is -2.11. The molecule has 0 bridgehead atoms. The number of aromatic carboxylic acids is 1. The Morgan fingerprint density at radius 1 is 1.07 bits per heavy atom. The van der Waals surface area contributed by atoms with E-state index in [9.17, 15) is 19.8 Å². The van der Waals surface area contributed by atoms with Crippen molar-refractivity contribution in [2.45, 2.75) is 6.54 Å². The van der Waals surface area contributed by atoms with Gasteiger partial charge < -0.3 is 20.5 Å². The Labute approximate surface area is 174 Å². The zero-order chi connectivity index (χ0) is 20.7. The van der Waals surface area contributed by atoms with Crippen LogP contribution in [0, 0.1) is 0 Å². The van der Waals surface area contributed by atoms with E-state index in [2.05, 4.69) is 0 Å². The minimum atomic E-state index is -0.979. The van der Waals surface area contributed by atoms with Crippen molar-refractivity contribution in [3.63, 3.8) is 0 Å². The van der Waals surface area contributed by atoms with E-state index >= 15 is 0 Å². The molecule has 0 aliphatic rings. The fourth-order valence-electron chi connectivity index (χ4n) is 3.21. The van der Waals surface area contributed by atoms with Crippen molar-refractivity contribution in [2.24, 2.45) is 5.73 Å². The van der Waals surface area contributed by atoms with Crippen LogP contribution in [-0.2, 0) is 6.54 Å². The van der Waals surface area contributed by atoms with Crippen LogP contribution >= 0.6 is 22.9 Å². The molecule has 0 atom stereocenters. The number of nitrogens with two attached hydrogens (primary N) is 1. The second kappa shape index (κ2) is 7.27. The molecule has 0 saturated heterocycles. The van der Waals surface area contributed by atoms with E-state index in [1.807, 2.05) is 10.6 Å². The highest BCUT2D eigenvalue weighted by molar-refractivity contribution is 7.20. The summed E-state index contributed by atoms with van der Waals surface area (Å²) in [5, 5.41) is 19.4. The zero-order valence-electron chi connectivity index (χ0n) is 14.9. The predicted octanol–water partition coefficient (Wildman–Crippen LogP) is 4.57. The van der Waals surface area contributed by atoms with Gasteiger partial charge in [-0.25, -0.2) is 4.79 Å².